The van der Waals surface area contributed by atoms with Crippen molar-refractivity contribution >= 4 is 44.9 Å². The Morgan fingerprint density at radius 1 is 1.04 bits per heavy atom. The molecule has 0 unspecified atom stereocenters. The van der Waals surface area contributed by atoms with Crippen molar-refractivity contribution in [1.29, 1.82) is 0 Å². The fraction of sp³-hybridized carbons (Fsp3) is 0.0909. The molecule has 1 heterocycles. The van der Waals surface area contributed by atoms with E-state index in [1.54, 1.807) is 0 Å². The standard InChI is InChI=1S/C22H18N2OS2/c1-15-9-11-17(12-10-15)26-14-21(25)24-22-23-20(13-27-22)19-8-4-6-16-5-2-3-7-18(16)19/h2-13H,14H2,1H3,(H,23,24,25). The predicted octanol–water partition coefficient (Wildman–Crippen LogP) is 6.00. The van der Waals surface area contributed by atoms with Crippen LogP contribution in [0.5, 0.6) is 0 Å². The number of thioether (sulfide) groups is 1. The van der Waals surface area contributed by atoms with Gasteiger partial charge in [0, 0.05) is 15.8 Å². The van der Waals surface area contributed by atoms with Gasteiger partial charge in [-0.2, -0.15) is 0 Å². The molecule has 5 heteroatoms. The van der Waals surface area contributed by atoms with E-state index >= 15 is 0 Å². The SMILES string of the molecule is Cc1ccc(SCC(=O)Nc2nc(-c3cccc4ccccc34)cs2)cc1. The van der Waals surface area contributed by atoms with Gasteiger partial charge in [0.2, 0.25) is 5.91 Å². The molecule has 0 saturated carbocycles. The molecule has 0 bridgehead atoms. The van der Waals surface area contributed by atoms with E-state index in [4.69, 9.17) is 0 Å². The van der Waals surface area contributed by atoms with Crippen LogP contribution in [0.1, 0.15) is 5.56 Å². The third-order valence-electron chi connectivity index (χ3n) is 4.21. The first-order chi connectivity index (χ1) is 13.2. The molecule has 4 rings (SSSR count). The summed E-state index contributed by atoms with van der Waals surface area (Å²) in [6.07, 6.45) is 0. The fourth-order valence-corrected chi connectivity index (χ4v) is 4.27. The molecule has 27 heavy (non-hydrogen) atoms. The molecule has 3 aromatic carbocycles. The van der Waals surface area contributed by atoms with Crippen LogP contribution in [0.2, 0.25) is 0 Å². The Bertz CT molecular complexity index is 1080. The summed E-state index contributed by atoms with van der Waals surface area (Å²) in [7, 11) is 0. The van der Waals surface area contributed by atoms with E-state index < -0.39 is 0 Å². The number of aromatic nitrogens is 1. The van der Waals surface area contributed by atoms with E-state index in [0.717, 1.165) is 21.5 Å². The topological polar surface area (TPSA) is 42.0 Å². The first kappa shape index (κ1) is 17.8. The van der Waals surface area contributed by atoms with Crippen LogP contribution >= 0.6 is 23.1 Å². The van der Waals surface area contributed by atoms with Crippen LogP contribution in [0.3, 0.4) is 0 Å². The van der Waals surface area contributed by atoms with Crippen LogP contribution in [-0.2, 0) is 4.79 Å². The van der Waals surface area contributed by atoms with Gasteiger partial charge in [0.15, 0.2) is 5.13 Å². The average Bonchev–Trinajstić information content (AvgIpc) is 3.15. The molecule has 0 aliphatic heterocycles. The van der Waals surface area contributed by atoms with Crippen LogP contribution in [0.4, 0.5) is 5.13 Å². The van der Waals surface area contributed by atoms with E-state index in [0.29, 0.717) is 10.9 Å². The normalized spacial score (nSPS) is 10.9. The summed E-state index contributed by atoms with van der Waals surface area (Å²) in [6, 6.07) is 22.6. The maximum Gasteiger partial charge on any atom is 0.236 e. The Labute approximate surface area is 166 Å². The minimum Gasteiger partial charge on any atom is -0.301 e. The highest BCUT2D eigenvalue weighted by Gasteiger charge is 2.10. The molecule has 0 aliphatic rings. The van der Waals surface area contributed by atoms with Crippen molar-refractivity contribution in [2.24, 2.45) is 0 Å². The highest BCUT2D eigenvalue weighted by Crippen LogP contribution is 2.31. The van der Waals surface area contributed by atoms with E-state index in [-0.39, 0.29) is 5.91 Å². The Hall–Kier alpha value is -2.63. The highest BCUT2D eigenvalue weighted by atomic mass is 32.2. The number of fused-ring (bicyclic) bond motifs is 1. The molecule has 0 radical (unpaired) electrons. The monoisotopic (exact) mass is 390 g/mol. The minimum atomic E-state index is -0.0422. The minimum absolute atomic E-state index is 0.0422. The smallest absolute Gasteiger partial charge is 0.236 e. The molecule has 3 nitrogen and oxygen atoms in total. The lowest BCUT2D eigenvalue weighted by molar-refractivity contribution is -0.113. The Balaban J connectivity index is 1.44. The first-order valence-electron chi connectivity index (χ1n) is 8.62. The van der Waals surface area contributed by atoms with Crippen LogP contribution in [0.25, 0.3) is 22.0 Å². The number of rotatable bonds is 5. The van der Waals surface area contributed by atoms with Crippen LogP contribution < -0.4 is 5.32 Å². The zero-order valence-corrected chi connectivity index (χ0v) is 16.4. The summed E-state index contributed by atoms with van der Waals surface area (Å²) in [4.78, 5) is 17.9. The molecule has 134 valence electrons. The van der Waals surface area contributed by atoms with Crippen molar-refractivity contribution in [3.8, 4) is 11.3 Å². The lowest BCUT2D eigenvalue weighted by atomic mass is 10.0. The number of hydrogen-bond donors (Lipinski definition) is 1. The molecular formula is C22H18N2OS2. The van der Waals surface area contributed by atoms with E-state index in [9.17, 15) is 4.79 Å². The van der Waals surface area contributed by atoms with Gasteiger partial charge in [-0.3, -0.25) is 4.79 Å². The molecule has 0 aliphatic carbocycles. The second kappa shape index (κ2) is 7.94. The third-order valence-corrected chi connectivity index (χ3v) is 5.98. The maximum absolute atomic E-state index is 12.2. The van der Waals surface area contributed by atoms with Gasteiger partial charge in [-0.1, -0.05) is 60.2 Å². The lowest BCUT2D eigenvalue weighted by Gasteiger charge is -2.04. The number of benzene rings is 3. The number of anilines is 1. The molecule has 0 atom stereocenters. The van der Waals surface area contributed by atoms with E-state index in [1.165, 1.54) is 34.0 Å². The molecule has 1 N–H and O–H groups in total. The van der Waals surface area contributed by atoms with Gasteiger partial charge in [-0.15, -0.1) is 23.1 Å². The quantitative estimate of drug-likeness (QED) is 0.425. The Kier molecular flexibility index (Phi) is 5.23. The van der Waals surface area contributed by atoms with Gasteiger partial charge in [-0.25, -0.2) is 4.98 Å². The third kappa shape index (κ3) is 4.21. The van der Waals surface area contributed by atoms with E-state index in [1.807, 2.05) is 35.7 Å². The second-order valence-corrected chi connectivity index (χ2v) is 8.12. The van der Waals surface area contributed by atoms with Gasteiger partial charge in [0.1, 0.15) is 0 Å². The van der Waals surface area contributed by atoms with Gasteiger partial charge in [0.05, 0.1) is 11.4 Å². The Morgan fingerprint density at radius 3 is 2.67 bits per heavy atom. The number of amides is 1. The van der Waals surface area contributed by atoms with Crippen molar-refractivity contribution < 1.29 is 4.79 Å². The molecule has 0 fully saturated rings. The molecule has 0 saturated heterocycles. The second-order valence-electron chi connectivity index (χ2n) is 6.21. The van der Waals surface area contributed by atoms with Gasteiger partial charge >= 0.3 is 0 Å². The zero-order chi connectivity index (χ0) is 18.6. The zero-order valence-electron chi connectivity index (χ0n) is 14.8. The van der Waals surface area contributed by atoms with Gasteiger partial charge < -0.3 is 5.32 Å². The number of carbonyl (C=O) groups is 1. The summed E-state index contributed by atoms with van der Waals surface area (Å²) in [5.74, 6) is 0.325. The van der Waals surface area contributed by atoms with Gasteiger partial charge in [0.25, 0.3) is 0 Å². The van der Waals surface area contributed by atoms with Crippen LogP contribution in [-0.4, -0.2) is 16.6 Å². The number of nitrogens with one attached hydrogen (secondary N) is 1. The van der Waals surface area contributed by atoms with Crippen molar-refractivity contribution in [3.63, 3.8) is 0 Å². The summed E-state index contributed by atoms with van der Waals surface area (Å²) < 4.78 is 0. The molecule has 1 aromatic heterocycles. The number of nitrogens with zero attached hydrogens (tertiary/aromatic N) is 1. The molecule has 0 spiro atoms. The highest BCUT2D eigenvalue weighted by molar-refractivity contribution is 8.00. The number of hydrogen-bond acceptors (Lipinski definition) is 4. The lowest BCUT2D eigenvalue weighted by Crippen LogP contribution is -2.13. The van der Waals surface area contributed by atoms with Gasteiger partial charge in [-0.05, 0) is 29.8 Å². The predicted molar refractivity (Wildman–Crippen MR) is 116 cm³/mol. The summed E-state index contributed by atoms with van der Waals surface area (Å²) in [5, 5.41) is 7.88. The number of thiazole rings is 1. The molecule has 4 aromatic rings. The maximum atomic E-state index is 12.2. The van der Waals surface area contributed by atoms with Crippen molar-refractivity contribution in [1.82, 2.24) is 4.98 Å². The largest absolute Gasteiger partial charge is 0.301 e. The van der Waals surface area contributed by atoms with E-state index in [2.05, 4.69) is 53.6 Å². The first-order valence-corrected chi connectivity index (χ1v) is 10.5. The van der Waals surface area contributed by atoms with Crippen LogP contribution in [0.15, 0.2) is 77.0 Å². The number of carbonyl (C=O) groups excluding carboxylic acids is 1. The average molecular weight is 391 g/mol. The summed E-state index contributed by atoms with van der Waals surface area (Å²) >= 11 is 2.98. The fourth-order valence-electron chi connectivity index (χ4n) is 2.84. The summed E-state index contributed by atoms with van der Waals surface area (Å²) in [5.41, 5.74) is 3.18. The summed E-state index contributed by atoms with van der Waals surface area (Å²) in [6.45, 7) is 2.05. The van der Waals surface area contributed by atoms with Crippen molar-refractivity contribution in [3.05, 3.63) is 77.7 Å². The number of aryl methyl sites for hydroxylation is 1. The van der Waals surface area contributed by atoms with Crippen LogP contribution in [0, 0.1) is 6.92 Å². The Morgan fingerprint density at radius 2 is 1.81 bits per heavy atom. The molecule has 1 amide bonds. The van der Waals surface area contributed by atoms with Crippen molar-refractivity contribution in [2.75, 3.05) is 11.1 Å². The molecular weight excluding hydrogens is 372 g/mol. The van der Waals surface area contributed by atoms with Crippen molar-refractivity contribution in [2.45, 2.75) is 11.8 Å².